The van der Waals surface area contributed by atoms with E-state index in [-0.39, 0.29) is 47.7 Å². The first-order valence-electron chi connectivity index (χ1n) is 12.3. The highest BCUT2D eigenvalue weighted by atomic mass is 35.5. The van der Waals surface area contributed by atoms with E-state index in [2.05, 4.69) is 15.3 Å². The minimum atomic E-state index is -4.74. The zero-order chi connectivity index (χ0) is 27.9. The summed E-state index contributed by atoms with van der Waals surface area (Å²) in [4.78, 5) is 25.6. The molecule has 3 aromatic heterocycles. The first kappa shape index (κ1) is 25.7. The topological polar surface area (TPSA) is 75.4 Å². The first-order chi connectivity index (χ1) is 18.4. The maximum Gasteiger partial charge on any atom is 0.434 e. The third-order valence-electron chi connectivity index (χ3n) is 7.48. The number of imidazole rings is 1. The van der Waals surface area contributed by atoms with Gasteiger partial charge in [-0.3, -0.25) is 9.20 Å². The van der Waals surface area contributed by atoms with Crippen LogP contribution in [0.3, 0.4) is 0 Å². The van der Waals surface area contributed by atoms with Crippen LogP contribution < -0.4 is 10.2 Å². The number of fused-ring (bicyclic) bond motifs is 5. The number of piperidine rings is 1. The van der Waals surface area contributed by atoms with Gasteiger partial charge >= 0.3 is 6.18 Å². The molecule has 3 atom stereocenters. The lowest BCUT2D eigenvalue weighted by Gasteiger charge is -2.34. The van der Waals surface area contributed by atoms with Gasteiger partial charge in [0.1, 0.15) is 16.5 Å². The van der Waals surface area contributed by atoms with Crippen LogP contribution in [0.1, 0.15) is 53.1 Å². The second-order valence-electron chi connectivity index (χ2n) is 10.3. The molecule has 6 rings (SSSR count). The maximum atomic E-state index is 14.8. The molecule has 1 saturated carbocycles. The Labute approximate surface area is 224 Å². The Hall–Kier alpha value is -3.54. The Kier molecular flexibility index (Phi) is 5.76. The fourth-order valence-electron chi connectivity index (χ4n) is 5.83. The van der Waals surface area contributed by atoms with Gasteiger partial charge in [-0.25, -0.2) is 23.7 Å². The number of benzene rings is 1. The molecule has 2 fully saturated rings. The number of nitrogens with one attached hydrogen (secondary N) is 1. The Bertz CT molecular complexity index is 1640. The number of aromatic nitrogens is 4. The minimum Gasteiger partial charge on any atom is -0.377 e. The van der Waals surface area contributed by atoms with Gasteiger partial charge in [0.25, 0.3) is 5.92 Å². The molecule has 0 amide bonds. The van der Waals surface area contributed by atoms with Crippen molar-refractivity contribution in [3.63, 3.8) is 0 Å². The van der Waals surface area contributed by atoms with E-state index in [0.717, 1.165) is 11.8 Å². The van der Waals surface area contributed by atoms with Gasteiger partial charge in [-0.1, -0.05) is 17.7 Å². The van der Waals surface area contributed by atoms with E-state index >= 15 is 0 Å². The monoisotopic (exact) mass is 564 g/mol. The van der Waals surface area contributed by atoms with Gasteiger partial charge < -0.3 is 10.2 Å². The van der Waals surface area contributed by atoms with Gasteiger partial charge in [-0.15, -0.1) is 0 Å². The summed E-state index contributed by atoms with van der Waals surface area (Å²) in [5.41, 5.74) is 0.973. The maximum absolute atomic E-state index is 14.8. The van der Waals surface area contributed by atoms with Crippen LogP contribution in [0.5, 0.6) is 0 Å². The molecule has 39 heavy (non-hydrogen) atoms. The third-order valence-corrected chi connectivity index (χ3v) is 7.69. The summed E-state index contributed by atoms with van der Waals surface area (Å²) < 4.78 is 72.0. The molecule has 4 heterocycles. The lowest BCUT2D eigenvalue weighted by atomic mass is 10.0. The van der Waals surface area contributed by atoms with Gasteiger partial charge in [0, 0.05) is 30.1 Å². The lowest BCUT2D eigenvalue weighted by Crippen LogP contribution is -2.46. The number of rotatable bonds is 5. The zero-order valence-corrected chi connectivity index (χ0v) is 21.5. The number of carbonyl (C=O) groups is 1. The Balaban J connectivity index is 1.56. The smallest absolute Gasteiger partial charge is 0.377 e. The summed E-state index contributed by atoms with van der Waals surface area (Å²) in [7, 11) is 0. The van der Waals surface area contributed by atoms with Crippen LogP contribution in [0.25, 0.3) is 16.6 Å². The van der Waals surface area contributed by atoms with Crippen LogP contribution in [-0.4, -0.2) is 44.1 Å². The number of pyridine rings is 1. The van der Waals surface area contributed by atoms with E-state index in [9.17, 15) is 26.7 Å². The fraction of sp³-hybridized carbons (Fsp3) is 0.385. The van der Waals surface area contributed by atoms with Gasteiger partial charge in [0.2, 0.25) is 5.95 Å². The highest BCUT2D eigenvalue weighted by Crippen LogP contribution is 2.49. The summed E-state index contributed by atoms with van der Waals surface area (Å²) in [6.45, 7) is 3.84. The van der Waals surface area contributed by atoms with Crippen LogP contribution in [0.2, 0.25) is 5.15 Å². The van der Waals surface area contributed by atoms with E-state index in [1.165, 1.54) is 15.4 Å². The van der Waals surface area contributed by atoms with Gasteiger partial charge in [-0.05, 0) is 49.9 Å². The van der Waals surface area contributed by atoms with Gasteiger partial charge in [0.05, 0.1) is 23.3 Å². The van der Waals surface area contributed by atoms with E-state index in [0.29, 0.717) is 28.4 Å². The number of halogens is 6. The second-order valence-corrected chi connectivity index (χ2v) is 10.7. The number of nitrogens with zero attached hydrogens (tertiary/aromatic N) is 5. The van der Waals surface area contributed by atoms with Crippen LogP contribution in [0.4, 0.5) is 33.6 Å². The Morgan fingerprint density at radius 3 is 2.64 bits per heavy atom. The number of carbonyl (C=O) groups excluding carboxylic acids is 1. The van der Waals surface area contributed by atoms with Crippen LogP contribution in [0, 0.1) is 12.8 Å². The average molecular weight is 565 g/mol. The molecule has 204 valence electrons. The van der Waals surface area contributed by atoms with Crippen LogP contribution in [0.15, 0.2) is 30.5 Å². The predicted octanol–water partition coefficient (Wildman–Crippen LogP) is 6.48. The normalized spacial score (nSPS) is 21.2. The number of aldehydes is 1. The summed E-state index contributed by atoms with van der Waals surface area (Å²) >= 11 is 5.91. The molecule has 1 aliphatic carbocycles. The number of aryl methyl sites for hydroxylation is 1. The minimum absolute atomic E-state index is 0.00795. The lowest BCUT2D eigenvalue weighted by molar-refractivity contribution is -0.140. The first-order valence-corrected chi connectivity index (χ1v) is 12.7. The van der Waals surface area contributed by atoms with Crippen molar-refractivity contribution in [2.75, 3.05) is 16.8 Å². The highest BCUT2D eigenvalue weighted by molar-refractivity contribution is 6.29. The van der Waals surface area contributed by atoms with Gasteiger partial charge in [-0.2, -0.15) is 13.2 Å². The van der Waals surface area contributed by atoms with Gasteiger partial charge in [0.15, 0.2) is 12.0 Å². The highest BCUT2D eigenvalue weighted by Gasteiger charge is 2.57. The van der Waals surface area contributed by atoms with Crippen LogP contribution >= 0.6 is 11.6 Å². The molecule has 3 unspecified atom stereocenters. The van der Waals surface area contributed by atoms with Crippen LogP contribution in [-0.2, 0) is 6.18 Å². The van der Waals surface area contributed by atoms with E-state index in [1.54, 1.807) is 26.0 Å². The Morgan fingerprint density at radius 2 is 1.97 bits per heavy atom. The largest absolute Gasteiger partial charge is 0.434 e. The predicted molar refractivity (Wildman–Crippen MR) is 136 cm³/mol. The molecule has 1 N–H and O–H groups in total. The van der Waals surface area contributed by atoms with Crippen molar-refractivity contribution >= 4 is 46.1 Å². The third kappa shape index (κ3) is 4.25. The second kappa shape index (κ2) is 8.73. The molecule has 0 spiro atoms. The van der Waals surface area contributed by atoms with Crippen molar-refractivity contribution in [3.05, 3.63) is 58.1 Å². The molecule has 2 aliphatic rings. The van der Waals surface area contributed by atoms with Crippen molar-refractivity contribution in [2.45, 2.75) is 50.9 Å². The number of anilines is 2. The van der Waals surface area contributed by atoms with Crippen molar-refractivity contribution in [3.8, 4) is 0 Å². The molecular weight excluding hydrogens is 543 g/mol. The standard InChI is InChI=1S/C26H22ClF5N6O/c1-12-5-15(13(2)33-17-3-4-21(27)34-18(17)11-39)22-16(6-12)23-35-19(26(30,31)32)10-38(23)24(36-22)37-9-14-7-20(37)25(28,29)8-14/h3-6,10-11,13-14,20,33H,7-9H2,1-2H3. The molecule has 1 saturated heterocycles. The molecule has 7 nitrogen and oxygen atoms in total. The average Bonchev–Trinajstić information content (AvgIpc) is 3.56. The summed E-state index contributed by atoms with van der Waals surface area (Å²) in [5, 5.41) is 3.68. The molecule has 1 aliphatic heterocycles. The number of hydrogen-bond donors (Lipinski definition) is 1. The molecule has 2 bridgehead atoms. The molecular formula is C26H22ClF5N6O. The van der Waals surface area contributed by atoms with E-state index < -0.39 is 29.9 Å². The van der Waals surface area contributed by atoms with E-state index in [1.807, 2.05) is 6.07 Å². The summed E-state index contributed by atoms with van der Waals surface area (Å²) in [5.74, 6) is -3.26. The van der Waals surface area contributed by atoms with Crippen molar-refractivity contribution in [1.82, 2.24) is 19.4 Å². The van der Waals surface area contributed by atoms with E-state index in [4.69, 9.17) is 16.6 Å². The SMILES string of the molecule is Cc1cc(C(C)Nc2ccc(Cl)nc2C=O)c2nc(N3CC4CC3C(F)(F)C4)n3cc(C(F)(F)F)nc3c2c1. The molecule has 13 heteroatoms. The number of hydrogen-bond acceptors (Lipinski definition) is 6. The molecule has 4 aromatic rings. The number of alkyl halides is 5. The van der Waals surface area contributed by atoms with Crippen molar-refractivity contribution < 1.29 is 26.7 Å². The molecule has 0 radical (unpaired) electrons. The van der Waals surface area contributed by atoms with Crippen molar-refractivity contribution in [1.29, 1.82) is 0 Å². The Morgan fingerprint density at radius 1 is 1.21 bits per heavy atom. The quantitative estimate of drug-likeness (QED) is 0.170. The zero-order valence-electron chi connectivity index (χ0n) is 20.7. The van der Waals surface area contributed by atoms with Crippen molar-refractivity contribution in [2.24, 2.45) is 5.92 Å². The molecule has 1 aromatic carbocycles. The fourth-order valence-corrected chi connectivity index (χ4v) is 5.99. The summed E-state index contributed by atoms with van der Waals surface area (Å²) in [6, 6.07) is 4.94. The summed E-state index contributed by atoms with van der Waals surface area (Å²) in [6.07, 6.45) is -3.37.